The number of fused-ring (bicyclic) bond motifs is 2. The number of nitrogens with two attached hydrogens (primary N) is 1. The summed E-state index contributed by atoms with van der Waals surface area (Å²) in [6.45, 7) is 0. The largest absolute Gasteiger partial charge is 0.375 e. The molecule has 2 aliphatic rings. The molecule has 2 bridgehead atoms. The third-order valence-electron chi connectivity index (χ3n) is 3.03. The quantitative estimate of drug-likeness (QED) is 0.744. The van der Waals surface area contributed by atoms with Gasteiger partial charge in [0.25, 0.3) is 0 Å². The normalized spacial score (nSPS) is 37.1. The minimum atomic E-state index is 0.423. The molecular weight excluding hydrogens is 184 g/mol. The molecular formula is C9H12N2OS. The van der Waals surface area contributed by atoms with E-state index >= 15 is 0 Å². The average Bonchev–Trinajstić information content (AvgIpc) is 2.77. The van der Waals surface area contributed by atoms with Gasteiger partial charge < -0.3 is 10.5 Å². The molecule has 1 aromatic heterocycles. The highest BCUT2D eigenvalue weighted by molar-refractivity contribution is 7.13. The summed E-state index contributed by atoms with van der Waals surface area (Å²) in [5, 5.41) is 2.75. The molecule has 1 aromatic rings. The second-order valence-corrected chi connectivity index (χ2v) is 4.72. The van der Waals surface area contributed by atoms with Crippen LogP contribution in [0.2, 0.25) is 0 Å². The smallest absolute Gasteiger partial charge is 0.180 e. The van der Waals surface area contributed by atoms with E-state index in [0.29, 0.717) is 23.3 Å². The molecule has 0 radical (unpaired) electrons. The zero-order valence-corrected chi connectivity index (χ0v) is 8.09. The Bertz CT molecular complexity index is 325. The Morgan fingerprint density at radius 3 is 3.00 bits per heavy atom. The summed E-state index contributed by atoms with van der Waals surface area (Å²) < 4.78 is 5.77. The first-order chi connectivity index (χ1) is 6.33. The van der Waals surface area contributed by atoms with Crippen LogP contribution in [0.1, 0.15) is 30.9 Å². The molecule has 4 heteroatoms. The van der Waals surface area contributed by atoms with Crippen LogP contribution in [0.3, 0.4) is 0 Å². The van der Waals surface area contributed by atoms with E-state index in [-0.39, 0.29) is 0 Å². The van der Waals surface area contributed by atoms with E-state index in [4.69, 9.17) is 10.5 Å². The third-order valence-corrected chi connectivity index (χ3v) is 3.72. The minimum absolute atomic E-state index is 0.423. The highest BCUT2D eigenvalue weighted by atomic mass is 32.1. The fourth-order valence-electron chi connectivity index (χ4n) is 2.42. The molecule has 0 amide bonds. The van der Waals surface area contributed by atoms with E-state index in [1.807, 2.05) is 0 Å². The molecule has 3 unspecified atom stereocenters. The van der Waals surface area contributed by atoms with Crippen LogP contribution in [0.15, 0.2) is 5.38 Å². The summed E-state index contributed by atoms with van der Waals surface area (Å²) in [7, 11) is 0. The summed E-state index contributed by atoms with van der Waals surface area (Å²) in [6.07, 6.45) is 4.51. The molecule has 0 spiro atoms. The third kappa shape index (κ3) is 1.16. The number of nitrogens with zero attached hydrogens (tertiary/aromatic N) is 1. The molecule has 0 aliphatic carbocycles. The van der Waals surface area contributed by atoms with Crippen LogP contribution in [0.4, 0.5) is 5.13 Å². The lowest BCUT2D eigenvalue weighted by Crippen LogP contribution is -2.14. The highest BCUT2D eigenvalue weighted by Gasteiger charge is 2.42. The van der Waals surface area contributed by atoms with Crippen LogP contribution in [-0.2, 0) is 4.74 Å². The predicted molar refractivity (Wildman–Crippen MR) is 51.8 cm³/mol. The molecule has 2 aliphatic heterocycles. The lowest BCUT2D eigenvalue weighted by Gasteiger charge is -2.15. The summed E-state index contributed by atoms with van der Waals surface area (Å²) in [5.74, 6) is 0.521. The summed E-state index contributed by atoms with van der Waals surface area (Å²) >= 11 is 1.53. The zero-order chi connectivity index (χ0) is 8.84. The van der Waals surface area contributed by atoms with Crippen LogP contribution in [0.25, 0.3) is 0 Å². The fraction of sp³-hybridized carbons (Fsp3) is 0.667. The molecule has 70 valence electrons. The van der Waals surface area contributed by atoms with Gasteiger partial charge in [-0.05, 0) is 19.3 Å². The fourth-order valence-corrected chi connectivity index (χ4v) is 3.05. The van der Waals surface area contributed by atoms with Crippen molar-refractivity contribution >= 4 is 16.5 Å². The average molecular weight is 196 g/mol. The first-order valence-electron chi connectivity index (χ1n) is 4.69. The van der Waals surface area contributed by atoms with Crippen molar-refractivity contribution in [1.82, 2.24) is 4.98 Å². The molecule has 2 saturated heterocycles. The second-order valence-electron chi connectivity index (χ2n) is 3.83. The molecule has 0 aromatic carbocycles. The highest BCUT2D eigenvalue weighted by Crippen LogP contribution is 2.44. The van der Waals surface area contributed by atoms with Crippen molar-refractivity contribution in [1.29, 1.82) is 0 Å². The standard InChI is InChI=1S/C9H12N2OS/c10-9-11-7(4-13-9)6-3-5-1-2-8(6)12-5/h4-6,8H,1-3H2,(H2,10,11). The van der Waals surface area contributed by atoms with Crippen molar-refractivity contribution in [2.45, 2.75) is 37.4 Å². The van der Waals surface area contributed by atoms with Crippen molar-refractivity contribution in [3.8, 4) is 0 Å². The zero-order valence-electron chi connectivity index (χ0n) is 7.27. The molecule has 2 fully saturated rings. The van der Waals surface area contributed by atoms with Crippen LogP contribution >= 0.6 is 11.3 Å². The number of aromatic nitrogens is 1. The molecule has 13 heavy (non-hydrogen) atoms. The number of thiazole rings is 1. The topological polar surface area (TPSA) is 48.1 Å². The van der Waals surface area contributed by atoms with E-state index in [0.717, 1.165) is 12.1 Å². The van der Waals surface area contributed by atoms with Gasteiger partial charge in [-0.1, -0.05) is 0 Å². The van der Waals surface area contributed by atoms with Gasteiger partial charge in [0, 0.05) is 11.3 Å². The number of hydrogen-bond acceptors (Lipinski definition) is 4. The van der Waals surface area contributed by atoms with Gasteiger partial charge in [-0.25, -0.2) is 4.98 Å². The summed E-state index contributed by atoms with van der Waals surface area (Å²) in [5.41, 5.74) is 6.76. The predicted octanol–water partition coefficient (Wildman–Crippen LogP) is 1.76. The van der Waals surface area contributed by atoms with Crippen LogP contribution in [0.5, 0.6) is 0 Å². The second kappa shape index (κ2) is 2.69. The minimum Gasteiger partial charge on any atom is -0.375 e. The Kier molecular flexibility index (Phi) is 1.60. The Labute approximate surface area is 80.9 Å². The summed E-state index contributed by atoms with van der Waals surface area (Å²) in [6, 6.07) is 0. The van der Waals surface area contributed by atoms with Gasteiger partial charge in [-0.15, -0.1) is 11.3 Å². The van der Waals surface area contributed by atoms with Crippen molar-refractivity contribution in [3.05, 3.63) is 11.1 Å². The number of ether oxygens (including phenoxy) is 1. The first kappa shape index (κ1) is 7.76. The molecule has 0 saturated carbocycles. The Morgan fingerprint density at radius 1 is 1.54 bits per heavy atom. The van der Waals surface area contributed by atoms with Gasteiger partial charge in [0.2, 0.25) is 0 Å². The molecule has 3 nitrogen and oxygen atoms in total. The first-order valence-corrected chi connectivity index (χ1v) is 5.57. The van der Waals surface area contributed by atoms with Crippen molar-refractivity contribution < 1.29 is 4.74 Å². The number of anilines is 1. The van der Waals surface area contributed by atoms with Crippen LogP contribution in [0, 0.1) is 0 Å². The number of nitrogen functional groups attached to an aromatic ring is 1. The molecule has 3 heterocycles. The van der Waals surface area contributed by atoms with Crippen molar-refractivity contribution in [2.24, 2.45) is 0 Å². The monoisotopic (exact) mass is 196 g/mol. The van der Waals surface area contributed by atoms with Crippen molar-refractivity contribution in [2.75, 3.05) is 5.73 Å². The van der Waals surface area contributed by atoms with Gasteiger partial charge in [0.05, 0.1) is 17.9 Å². The van der Waals surface area contributed by atoms with Crippen LogP contribution < -0.4 is 5.73 Å². The SMILES string of the molecule is Nc1nc(C2CC3CCC2O3)cs1. The lowest BCUT2D eigenvalue weighted by molar-refractivity contribution is 0.100. The Hall–Kier alpha value is -0.610. The van der Waals surface area contributed by atoms with Gasteiger partial charge in [-0.2, -0.15) is 0 Å². The van der Waals surface area contributed by atoms with Crippen LogP contribution in [-0.4, -0.2) is 17.2 Å². The van der Waals surface area contributed by atoms with E-state index in [1.54, 1.807) is 0 Å². The summed E-state index contributed by atoms with van der Waals surface area (Å²) in [4.78, 5) is 4.33. The maximum absolute atomic E-state index is 5.77. The van der Waals surface area contributed by atoms with E-state index in [1.165, 1.54) is 24.2 Å². The van der Waals surface area contributed by atoms with E-state index in [9.17, 15) is 0 Å². The molecule has 2 N–H and O–H groups in total. The number of rotatable bonds is 1. The maximum Gasteiger partial charge on any atom is 0.180 e. The van der Waals surface area contributed by atoms with Gasteiger partial charge in [0.1, 0.15) is 0 Å². The van der Waals surface area contributed by atoms with Gasteiger partial charge in [-0.3, -0.25) is 0 Å². The maximum atomic E-state index is 5.77. The number of hydrogen-bond donors (Lipinski definition) is 1. The Balaban J connectivity index is 1.87. The van der Waals surface area contributed by atoms with E-state index in [2.05, 4.69) is 10.4 Å². The Morgan fingerprint density at radius 2 is 2.46 bits per heavy atom. The van der Waals surface area contributed by atoms with E-state index < -0.39 is 0 Å². The van der Waals surface area contributed by atoms with Gasteiger partial charge >= 0.3 is 0 Å². The lowest BCUT2D eigenvalue weighted by atomic mass is 9.87. The van der Waals surface area contributed by atoms with Gasteiger partial charge in [0.15, 0.2) is 5.13 Å². The molecule has 3 atom stereocenters. The molecule has 3 rings (SSSR count). The van der Waals surface area contributed by atoms with Crippen molar-refractivity contribution in [3.63, 3.8) is 0 Å².